The summed E-state index contributed by atoms with van der Waals surface area (Å²) in [6.07, 6.45) is 4.13. The van der Waals surface area contributed by atoms with Crippen molar-refractivity contribution in [2.45, 2.75) is 59.7 Å². The summed E-state index contributed by atoms with van der Waals surface area (Å²) in [6, 6.07) is 22.2. The maximum Gasteiger partial charge on any atom is 0.304 e. The van der Waals surface area contributed by atoms with Gasteiger partial charge in [0.25, 0.3) is 0 Å². The second-order valence-electron chi connectivity index (χ2n) is 13.2. The molecule has 3 aromatic carbocycles. The average Bonchev–Trinajstić information content (AvgIpc) is 3.55. The Labute approximate surface area is 303 Å². The molecule has 11 nitrogen and oxygen atoms in total. The number of aromatic nitrogens is 3. The zero-order valence-electron chi connectivity index (χ0n) is 29.9. The van der Waals surface area contributed by atoms with Crippen LogP contribution in [0.4, 0.5) is 11.5 Å². The van der Waals surface area contributed by atoms with Crippen LogP contribution in [0.25, 0.3) is 44.6 Å². The number of nitrogens with one attached hydrogen (secondary N) is 2. The summed E-state index contributed by atoms with van der Waals surface area (Å²) in [4.78, 5) is 27.5. The van der Waals surface area contributed by atoms with E-state index >= 15 is 0 Å². The minimum atomic E-state index is -0.834. The van der Waals surface area contributed by atoms with E-state index in [1.807, 2.05) is 55.6 Å². The van der Waals surface area contributed by atoms with Crippen LogP contribution in [0.1, 0.15) is 54.5 Å². The third kappa shape index (κ3) is 8.11. The summed E-state index contributed by atoms with van der Waals surface area (Å²) in [5, 5.41) is 36.5. The average molecular weight is 698 g/mol. The van der Waals surface area contributed by atoms with Crippen molar-refractivity contribution in [2.24, 2.45) is 0 Å². The maximum atomic E-state index is 11.2. The predicted octanol–water partition coefficient (Wildman–Crippen LogP) is 7.49. The first-order chi connectivity index (χ1) is 25.1. The highest BCUT2D eigenvalue weighted by atomic mass is 16.4. The first-order valence-corrected chi connectivity index (χ1v) is 17.5. The molecule has 3 aromatic heterocycles. The van der Waals surface area contributed by atoms with E-state index in [-0.39, 0.29) is 6.42 Å². The Morgan fingerprint density at radius 2 is 1.77 bits per heavy atom. The number of fused-ring (bicyclic) bond motifs is 2. The molecule has 0 aliphatic heterocycles. The molecule has 11 heteroatoms. The van der Waals surface area contributed by atoms with Crippen LogP contribution in [0, 0.1) is 25.2 Å². The van der Waals surface area contributed by atoms with Crippen molar-refractivity contribution >= 4 is 39.5 Å². The fourth-order valence-electron chi connectivity index (χ4n) is 6.55. The molecule has 6 aromatic rings. The Bertz CT molecular complexity index is 2270. The van der Waals surface area contributed by atoms with Gasteiger partial charge in [0.2, 0.25) is 5.89 Å². The van der Waals surface area contributed by atoms with Gasteiger partial charge in [-0.15, -0.1) is 0 Å². The molecule has 0 radical (unpaired) electrons. The Kier molecular flexibility index (Phi) is 11.2. The lowest BCUT2D eigenvalue weighted by atomic mass is 9.93. The number of aliphatic hydroxyl groups excluding tert-OH is 1. The van der Waals surface area contributed by atoms with Crippen molar-refractivity contribution in [2.75, 3.05) is 25.0 Å². The van der Waals surface area contributed by atoms with Gasteiger partial charge in [0.05, 0.1) is 18.1 Å². The molecule has 6 rings (SSSR count). The number of oxazole rings is 1. The van der Waals surface area contributed by atoms with Crippen molar-refractivity contribution in [3.63, 3.8) is 0 Å². The lowest BCUT2D eigenvalue weighted by Crippen LogP contribution is -2.26. The van der Waals surface area contributed by atoms with Crippen LogP contribution in [-0.2, 0) is 17.9 Å². The normalized spacial score (nSPS) is 12.0. The molecule has 0 saturated carbocycles. The molecule has 0 fully saturated rings. The lowest BCUT2D eigenvalue weighted by molar-refractivity contribution is -0.137. The van der Waals surface area contributed by atoms with E-state index in [1.54, 1.807) is 13.1 Å². The molecule has 0 aliphatic rings. The Morgan fingerprint density at radius 1 is 1.00 bits per heavy atom. The topological polar surface area (TPSA) is 160 Å². The first kappa shape index (κ1) is 36.1. The van der Waals surface area contributed by atoms with E-state index in [2.05, 4.69) is 58.6 Å². The van der Waals surface area contributed by atoms with E-state index in [1.165, 1.54) is 0 Å². The summed E-state index contributed by atoms with van der Waals surface area (Å²) < 4.78 is 6.28. The standard InChI is InChI=1S/C41H43N7O4/c1-5-15-48(16-13-37(50)51)24-28-17-31(20-42)39-36(19-28)47-41(52-39)34-10-6-8-32(26(34)3)33-9-7-11-35(27(33)4)46-40-38-30(12-14-44-40)18-29(23-45-38)22-43-21-25(2)49/h6-12,14,17-19,23,25,43,49H,5,13,15-16,21-22,24H2,1-4H3,(H,44,46)(H,50,51)/t25-/m1/s1. The number of carboxylic acids is 1. The molecule has 3 heterocycles. The number of carboxylic acid groups (broad SMARTS) is 1. The van der Waals surface area contributed by atoms with Crippen molar-refractivity contribution < 1.29 is 19.4 Å². The third-order valence-electron chi connectivity index (χ3n) is 9.12. The zero-order chi connectivity index (χ0) is 36.8. The summed E-state index contributed by atoms with van der Waals surface area (Å²) in [5.74, 6) is 0.252. The molecule has 4 N–H and O–H groups in total. The van der Waals surface area contributed by atoms with Gasteiger partial charge >= 0.3 is 5.97 Å². The largest absolute Gasteiger partial charge is 0.481 e. The molecule has 1 atom stereocenters. The van der Waals surface area contributed by atoms with Crippen LogP contribution < -0.4 is 10.6 Å². The number of hydrogen-bond donors (Lipinski definition) is 4. The van der Waals surface area contributed by atoms with Gasteiger partial charge in [0, 0.05) is 55.2 Å². The molecule has 0 saturated heterocycles. The number of nitriles is 1. The van der Waals surface area contributed by atoms with Crippen molar-refractivity contribution in [3.05, 3.63) is 101 Å². The van der Waals surface area contributed by atoms with Gasteiger partial charge in [-0.3, -0.25) is 14.7 Å². The SMILES string of the molecule is CCCN(CCC(=O)O)Cc1cc(C#N)c2oc(-c3cccc(-c4cccc(Nc5nccc6cc(CNC[C@@H](C)O)cnc56)c4C)c3C)nc2c1. The highest BCUT2D eigenvalue weighted by Crippen LogP contribution is 2.37. The smallest absolute Gasteiger partial charge is 0.304 e. The number of benzene rings is 3. The minimum Gasteiger partial charge on any atom is -0.481 e. The van der Waals surface area contributed by atoms with Crippen molar-refractivity contribution in [1.82, 2.24) is 25.2 Å². The number of rotatable bonds is 15. The quantitative estimate of drug-likeness (QED) is 0.0841. The Morgan fingerprint density at radius 3 is 2.52 bits per heavy atom. The molecule has 0 bridgehead atoms. The molecule has 0 amide bonds. The van der Waals surface area contributed by atoms with E-state index in [0.717, 1.165) is 68.5 Å². The number of anilines is 2. The van der Waals surface area contributed by atoms with E-state index in [0.29, 0.717) is 54.6 Å². The number of hydrogen-bond acceptors (Lipinski definition) is 10. The van der Waals surface area contributed by atoms with E-state index in [9.17, 15) is 20.3 Å². The van der Waals surface area contributed by atoms with Gasteiger partial charge < -0.3 is 25.3 Å². The van der Waals surface area contributed by atoms with Crippen molar-refractivity contribution in [1.29, 1.82) is 5.26 Å². The highest BCUT2D eigenvalue weighted by Gasteiger charge is 2.19. The van der Waals surface area contributed by atoms with Gasteiger partial charge in [0.1, 0.15) is 17.1 Å². The molecular formula is C41H43N7O4. The fourth-order valence-corrected chi connectivity index (χ4v) is 6.55. The third-order valence-corrected chi connectivity index (χ3v) is 9.12. The number of aliphatic carboxylic acids is 1. The number of aliphatic hydroxyl groups is 1. The number of carbonyl (C=O) groups is 1. The lowest BCUT2D eigenvalue weighted by Gasteiger charge is -2.20. The van der Waals surface area contributed by atoms with Crippen LogP contribution in [0.2, 0.25) is 0 Å². The summed E-state index contributed by atoms with van der Waals surface area (Å²) >= 11 is 0. The predicted molar refractivity (Wildman–Crippen MR) is 203 cm³/mol. The van der Waals surface area contributed by atoms with Gasteiger partial charge in [-0.05, 0) is 104 Å². The van der Waals surface area contributed by atoms with Crippen LogP contribution in [-0.4, -0.2) is 61.8 Å². The summed E-state index contributed by atoms with van der Waals surface area (Å²) in [6.45, 7) is 10.7. The summed E-state index contributed by atoms with van der Waals surface area (Å²) in [5.41, 5.74) is 9.89. The van der Waals surface area contributed by atoms with Crippen LogP contribution in [0.15, 0.2) is 77.5 Å². The van der Waals surface area contributed by atoms with Crippen LogP contribution >= 0.6 is 0 Å². The van der Waals surface area contributed by atoms with Crippen LogP contribution in [0.5, 0.6) is 0 Å². The number of nitrogens with zero attached hydrogens (tertiary/aromatic N) is 5. The molecular weight excluding hydrogens is 654 g/mol. The first-order valence-electron chi connectivity index (χ1n) is 17.5. The van der Waals surface area contributed by atoms with Crippen molar-refractivity contribution in [3.8, 4) is 28.7 Å². The Balaban J connectivity index is 1.29. The second-order valence-corrected chi connectivity index (χ2v) is 13.2. The monoisotopic (exact) mass is 697 g/mol. The highest BCUT2D eigenvalue weighted by molar-refractivity contribution is 5.91. The molecule has 0 unspecified atom stereocenters. The molecule has 266 valence electrons. The van der Waals surface area contributed by atoms with Crippen LogP contribution in [0.3, 0.4) is 0 Å². The second kappa shape index (κ2) is 16.1. The van der Waals surface area contributed by atoms with Gasteiger partial charge in [-0.2, -0.15) is 5.26 Å². The molecule has 52 heavy (non-hydrogen) atoms. The zero-order valence-corrected chi connectivity index (χ0v) is 29.9. The van der Waals surface area contributed by atoms with E-state index < -0.39 is 12.1 Å². The van der Waals surface area contributed by atoms with Gasteiger partial charge in [-0.25, -0.2) is 9.97 Å². The Hall–Kier alpha value is -5.67. The van der Waals surface area contributed by atoms with Gasteiger partial charge in [-0.1, -0.05) is 31.2 Å². The van der Waals surface area contributed by atoms with Gasteiger partial charge in [0.15, 0.2) is 11.4 Å². The molecule has 0 aliphatic carbocycles. The number of pyridine rings is 2. The fraction of sp³-hybridized carbons (Fsp3) is 0.293. The molecule has 0 spiro atoms. The maximum absolute atomic E-state index is 11.2. The van der Waals surface area contributed by atoms with E-state index in [4.69, 9.17) is 14.4 Å². The summed E-state index contributed by atoms with van der Waals surface area (Å²) in [7, 11) is 0. The minimum absolute atomic E-state index is 0.0540.